The quantitative estimate of drug-likeness (QED) is 0.542. The topological polar surface area (TPSA) is 92.7 Å². The van der Waals surface area contributed by atoms with Crippen molar-refractivity contribution in [1.29, 1.82) is 0 Å². The zero-order chi connectivity index (χ0) is 22.7. The van der Waals surface area contributed by atoms with E-state index in [-0.39, 0.29) is 24.7 Å². The molecule has 0 heterocycles. The van der Waals surface area contributed by atoms with Gasteiger partial charge in [0.1, 0.15) is 12.6 Å². The highest BCUT2D eigenvalue weighted by Crippen LogP contribution is 2.44. The number of hydrogen-bond acceptors (Lipinski definition) is 4. The Morgan fingerprint density at radius 3 is 2.00 bits per heavy atom. The Kier molecular flexibility index (Phi) is 6.03. The number of Topliss-reactive ketones (excluding diaryl/α,β-unsaturated/α-hetero) is 1. The molecule has 0 unspecified atom stereocenters. The third-order valence-corrected chi connectivity index (χ3v) is 5.73. The van der Waals surface area contributed by atoms with Gasteiger partial charge in [-0.05, 0) is 34.7 Å². The van der Waals surface area contributed by atoms with Crippen LogP contribution in [0.2, 0.25) is 0 Å². The van der Waals surface area contributed by atoms with Crippen molar-refractivity contribution in [3.8, 4) is 11.1 Å². The normalized spacial score (nSPS) is 13.0. The number of alkyl carbamates (subject to hydrolysis) is 1. The fraction of sp³-hybridized carbons (Fsp3) is 0.192. The van der Waals surface area contributed by atoms with Crippen molar-refractivity contribution in [3.05, 3.63) is 95.1 Å². The lowest BCUT2D eigenvalue weighted by molar-refractivity contribution is -0.139. The first kappa shape index (κ1) is 21.3. The molecule has 0 fully saturated rings. The Bertz CT molecular complexity index is 1120. The molecule has 32 heavy (non-hydrogen) atoms. The zero-order valence-corrected chi connectivity index (χ0v) is 17.6. The first-order valence-electron chi connectivity index (χ1n) is 10.4. The van der Waals surface area contributed by atoms with E-state index in [9.17, 15) is 19.5 Å². The van der Waals surface area contributed by atoms with Crippen molar-refractivity contribution < 1.29 is 24.2 Å². The second kappa shape index (κ2) is 9.06. The summed E-state index contributed by atoms with van der Waals surface area (Å²) >= 11 is 0. The largest absolute Gasteiger partial charge is 0.480 e. The maximum absolute atomic E-state index is 12.4. The Hall–Kier alpha value is -3.93. The van der Waals surface area contributed by atoms with Gasteiger partial charge in [0.25, 0.3) is 0 Å². The van der Waals surface area contributed by atoms with Crippen molar-refractivity contribution in [2.45, 2.75) is 25.3 Å². The summed E-state index contributed by atoms with van der Waals surface area (Å²) in [5.74, 6) is -1.33. The fourth-order valence-electron chi connectivity index (χ4n) is 4.09. The van der Waals surface area contributed by atoms with E-state index in [4.69, 9.17) is 4.74 Å². The number of carboxylic acid groups (broad SMARTS) is 1. The summed E-state index contributed by atoms with van der Waals surface area (Å²) in [6.45, 7) is 1.58. The molecule has 6 heteroatoms. The molecule has 3 aromatic carbocycles. The lowest BCUT2D eigenvalue weighted by atomic mass is 9.98. The van der Waals surface area contributed by atoms with Gasteiger partial charge in [0.05, 0.1) is 0 Å². The van der Waals surface area contributed by atoms with E-state index in [0.29, 0.717) is 11.1 Å². The number of benzene rings is 3. The third-order valence-electron chi connectivity index (χ3n) is 5.73. The number of aliphatic carboxylic acids is 1. The first-order chi connectivity index (χ1) is 15.4. The summed E-state index contributed by atoms with van der Waals surface area (Å²) in [5, 5.41) is 12.0. The first-order valence-corrected chi connectivity index (χ1v) is 10.4. The van der Waals surface area contributed by atoms with Crippen molar-refractivity contribution in [2.24, 2.45) is 0 Å². The number of ketones is 1. The Morgan fingerprint density at radius 1 is 0.906 bits per heavy atom. The van der Waals surface area contributed by atoms with Crippen LogP contribution in [0.25, 0.3) is 11.1 Å². The second-order valence-electron chi connectivity index (χ2n) is 7.82. The van der Waals surface area contributed by atoms with Crippen LogP contribution >= 0.6 is 0 Å². The highest BCUT2D eigenvalue weighted by molar-refractivity contribution is 5.94. The molecule has 1 amide bonds. The molecule has 2 N–H and O–H groups in total. The van der Waals surface area contributed by atoms with Gasteiger partial charge in [-0.2, -0.15) is 0 Å². The van der Waals surface area contributed by atoms with Gasteiger partial charge in [0, 0.05) is 17.9 Å². The number of fused-ring (bicyclic) bond motifs is 3. The van der Waals surface area contributed by atoms with Gasteiger partial charge in [-0.3, -0.25) is 4.79 Å². The van der Waals surface area contributed by atoms with Crippen molar-refractivity contribution in [1.82, 2.24) is 5.32 Å². The zero-order valence-electron chi connectivity index (χ0n) is 17.6. The standard InChI is InChI=1S/C26H23NO5/c1-16(28)18-12-10-17(11-13-18)14-24(25(29)30)27-26(31)32-15-23-21-8-4-2-6-19(21)20-7-3-5-9-22(20)23/h2-13,23-24H,14-15H2,1H3,(H,27,31)(H,29,30)/t24-/m0/s1. The molecule has 0 saturated heterocycles. The van der Waals surface area contributed by atoms with Gasteiger partial charge in [-0.25, -0.2) is 9.59 Å². The maximum Gasteiger partial charge on any atom is 0.407 e. The summed E-state index contributed by atoms with van der Waals surface area (Å²) in [4.78, 5) is 35.5. The predicted molar refractivity (Wildman–Crippen MR) is 120 cm³/mol. The van der Waals surface area contributed by atoms with Gasteiger partial charge in [-0.15, -0.1) is 0 Å². The average Bonchev–Trinajstić information content (AvgIpc) is 3.11. The predicted octanol–water partition coefficient (Wildman–Crippen LogP) is 4.42. The number of nitrogens with one attached hydrogen (secondary N) is 1. The molecule has 0 spiro atoms. The lowest BCUT2D eigenvalue weighted by Crippen LogP contribution is -2.42. The molecule has 0 aromatic heterocycles. The minimum Gasteiger partial charge on any atom is -0.480 e. The van der Waals surface area contributed by atoms with E-state index in [1.807, 2.05) is 48.5 Å². The molecular weight excluding hydrogens is 406 g/mol. The highest BCUT2D eigenvalue weighted by Gasteiger charge is 2.29. The summed E-state index contributed by atoms with van der Waals surface area (Å²) < 4.78 is 5.45. The number of carbonyl (C=O) groups excluding carboxylic acids is 2. The van der Waals surface area contributed by atoms with Crippen LogP contribution in [0.15, 0.2) is 72.8 Å². The molecule has 1 aliphatic carbocycles. The van der Waals surface area contributed by atoms with E-state index in [1.165, 1.54) is 6.92 Å². The summed E-state index contributed by atoms with van der Waals surface area (Å²) in [6, 6.07) is 21.5. The molecule has 4 rings (SSSR count). The Morgan fingerprint density at radius 2 is 1.47 bits per heavy atom. The molecule has 1 aliphatic rings. The second-order valence-corrected chi connectivity index (χ2v) is 7.82. The molecule has 6 nitrogen and oxygen atoms in total. The number of ether oxygens (including phenoxy) is 1. The molecule has 1 atom stereocenters. The van der Waals surface area contributed by atoms with Gasteiger partial charge in [0.15, 0.2) is 5.78 Å². The van der Waals surface area contributed by atoms with Crippen LogP contribution in [0.1, 0.15) is 39.9 Å². The van der Waals surface area contributed by atoms with Crippen LogP contribution in [0.5, 0.6) is 0 Å². The van der Waals surface area contributed by atoms with E-state index in [2.05, 4.69) is 5.32 Å². The number of rotatable bonds is 7. The highest BCUT2D eigenvalue weighted by atomic mass is 16.5. The van der Waals surface area contributed by atoms with Crippen LogP contribution in [-0.4, -0.2) is 35.6 Å². The van der Waals surface area contributed by atoms with Crippen molar-refractivity contribution >= 4 is 17.8 Å². The van der Waals surface area contributed by atoms with E-state index < -0.39 is 18.1 Å². The van der Waals surface area contributed by atoms with Crippen LogP contribution in [-0.2, 0) is 16.0 Å². The number of amides is 1. The minimum atomic E-state index is -1.16. The van der Waals surface area contributed by atoms with Gasteiger partial charge in [-0.1, -0.05) is 72.8 Å². The van der Waals surface area contributed by atoms with Crippen molar-refractivity contribution in [2.75, 3.05) is 6.61 Å². The summed E-state index contributed by atoms with van der Waals surface area (Å²) in [7, 11) is 0. The van der Waals surface area contributed by atoms with Crippen LogP contribution in [0.4, 0.5) is 4.79 Å². The minimum absolute atomic E-state index is 0.0666. The molecule has 162 valence electrons. The van der Waals surface area contributed by atoms with Gasteiger partial charge in [0.2, 0.25) is 0 Å². The van der Waals surface area contributed by atoms with Gasteiger partial charge < -0.3 is 15.2 Å². The summed E-state index contributed by atoms with van der Waals surface area (Å²) in [5.41, 5.74) is 5.65. The molecule has 0 aliphatic heterocycles. The number of hydrogen-bond donors (Lipinski definition) is 2. The van der Waals surface area contributed by atoms with Crippen LogP contribution in [0.3, 0.4) is 0 Å². The molecule has 0 radical (unpaired) electrons. The van der Waals surface area contributed by atoms with E-state index >= 15 is 0 Å². The number of carboxylic acids is 1. The van der Waals surface area contributed by atoms with E-state index in [0.717, 1.165) is 22.3 Å². The smallest absolute Gasteiger partial charge is 0.407 e. The molecular formula is C26H23NO5. The lowest BCUT2D eigenvalue weighted by Gasteiger charge is -2.17. The molecule has 0 saturated carbocycles. The molecule has 0 bridgehead atoms. The fourth-order valence-corrected chi connectivity index (χ4v) is 4.09. The Balaban J connectivity index is 1.41. The molecule has 3 aromatic rings. The van der Waals surface area contributed by atoms with Crippen LogP contribution in [0, 0.1) is 0 Å². The van der Waals surface area contributed by atoms with E-state index in [1.54, 1.807) is 24.3 Å². The monoisotopic (exact) mass is 429 g/mol. The summed E-state index contributed by atoms with van der Waals surface area (Å²) in [6.07, 6.45) is -0.697. The number of carbonyl (C=O) groups is 3. The van der Waals surface area contributed by atoms with Crippen LogP contribution < -0.4 is 5.32 Å². The SMILES string of the molecule is CC(=O)c1ccc(C[C@H](NC(=O)OCC2c3ccccc3-c3ccccc32)C(=O)O)cc1. The average molecular weight is 429 g/mol. The van der Waals surface area contributed by atoms with Gasteiger partial charge >= 0.3 is 12.1 Å². The Labute approximate surface area is 185 Å². The third kappa shape index (κ3) is 4.39. The maximum atomic E-state index is 12.4. The van der Waals surface area contributed by atoms with Crippen molar-refractivity contribution in [3.63, 3.8) is 0 Å².